The molecule has 1 rings (SSSR count). The van der Waals surface area contributed by atoms with Crippen LogP contribution in [-0.4, -0.2) is 166 Å². The monoisotopic (exact) mass is 1320 g/mol. The van der Waals surface area contributed by atoms with E-state index in [4.69, 9.17) is 37.9 Å². The van der Waals surface area contributed by atoms with E-state index >= 15 is 0 Å². The van der Waals surface area contributed by atoms with Gasteiger partial charge in [-0.3, -0.25) is 24.0 Å². The number of alkyl carbamates (subject to hydrolysis) is 1. The van der Waals surface area contributed by atoms with Gasteiger partial charge in [0.1, 0.15) is 25.9 Å². The number of amides is 1. The third kappa shape index (κ3) is 49.6. The number of carbonyl (C=O) groups excluding carboxylic acids is 7. The Labute approximate surface area is 451 Å². The summed E-state index contributed by atoms with van der Waals surface area (Å²) in [5.74, 6) is -0.665. The predicted molar refractivity (Wildman–Crippen MR) is 327 cm³/mol. The van der Waals surface area contributed by atoms with E-state index in [-0.39, 0.29) is 111 Å². The van der Waals surface area contributed by atoms with Crippen LogP contribution in [0.2, 0.25) is 0 Å². The summed E-state index contributed by atoms with van der Waals surface area (Å²) in [5.41, 5.74) is 0. The number of thioether (sulfide) groups is 1. The molecule has 1 heterocycles. The number of carbonyl (C=O) groups is 7. The summed E-state index contributed by atoms with van der Waals surface area (Å²) in [7, 11) is 28.8. The third-order valence-electron chi connectivity index (χ3n) is 7.41. The average Bonchev–Trinajstić information content (AvgIpc) is 3.65. The molecule has 0 saturated carbocycles. The summed E-state index contributed by atoms with van der Waals surface area (Å²) in [5, 5.41) is 2.30. The summed E-state index contributed by atoms with van der Waals surface area (Å²) >= 11 is 4.89. The molecule has 1 saturated heterocycles. The van der Waals surface area contributed by atoms with Crippen molar-refractivity contribution in [1.82, 2.24) is 11.5 Å². The number of nitrogens with one attached hydrogen (secondary N) is 1. The Morgan fingerprint density at radius 3 is 1.53 bits per heavy atom. The Morgan fingerprint density at radius 1 is 0.714 bits per heavy atom. The van der Waals surface area contributed by atoms with Gasteiger partial charge in [0.15, 0.2) is 5.12 Å². The maximum Gasteiger partial charge on any atom is 0.415 e. The molecule has 1 aliphatic heterocycles. The summed E-state index contributed by atoms with van der Waals surface area (Å²) in [6.45, 7) is 8.90. The highest BCUT2D eigenvalue weighted by atomic mass is 33.3. The van der Waals surface area contributed by atoms with Crippen LogP contribution in [0.4, 0.5) is 4.79 Å². The Balaban J connectivity index is -0.000000449. The molecule has 0 aromatic carbocycles. The molecule has 0 aromatic rings. The average molecular weight is 1320 g/mol. The lowest BCUT2D eigenvalue weighted by atomic mass is 10.0. The molecule has 1 aliphatic rings. The number of thiol groups is 1. The molecular weight excluding hydrogens is 1240 g/mol. The van der Waals surface area contributed by atoms with Crippen molar-refractivity contribution < 1.29 is 85.7 Å². The molecule has 20 nitrogen and oxygen atoms in total. The molecule has 0 aromatic heterocycles. The van der Waals surface area contributed by atoms with Crippen molar-refractivity contribution in [2.75, 3.05) is 118 Å². The molecule has 414 valence electrons. The van der Waals surface area contributed by atoms with Gasteiger partial charge in [0, 0.05) is 44.5 Å². The molecule has 0 bridgehead atoms. The van der Waals surface area contributed by atoms with Gasteiger partial charge in [-0.2, -0.15) is 12.6 Å². The van der Waals surface area contributed by atoms with Crippen LogP contribution in [0.3, 0.4) is 0 Å². The molecule has 0 spiro atoms. The van der Waals surface area contributed by atoms with E-state index in [1.54, 1.807) is 14.2 Å². The molecule has 0 radical (unpaired) electrons. The van der Waals surface area contributed by atoms with E-state index in [0.29, 0.717) is 103 Å². The SMILES string of the molecule is CC[C@@H](CCC(=O)OCCOCCOCCOC)C(=O)SCCOC=O.COCCOCCOCCOC(=O)CC[C@@H]1NC(=O)OC1=O.N.O=COCCS.PPP(P)P(P(P)P)P(P(P)P)P(P)P. The Bertz CT molecular complexity index is 1340. The van der Waals surface area contributed by atoms with Crippen molar-refractivity contribution in [1.29, 1.82) is 0 Å². The summed E-state index contributed by atoms with van der Waals surface area (Å²) in [6, 6.07) is -0.777. The lowest BCUT2D eigenvalue weighted by Gasteiger charge is -2.38. The van der Waals surface area contributed by atoms with Crippen molar-refractivity contribution in [3.63, 3.8) is 0 Å². The number of esters is 3. The van der Waals surface area contributed by atoms with E-state index in [0.717, 1.165) is 19.7 Å². The zero-order chi connectivity index (χ0) is 52.7. The Kier molecular flexibility index (Phi) is 66.7. The van der Waals surface area contributed by atoms with E-state index in [1.807, 2.05) is 6.92 Å². The quantitative estimate of drug-likeness (QED) is 0.00982. The maximum absolute atomic E-state index is 12.0. The Hall–Kier alpha value is 3.36. The lowest BCUT2D eigenvalue weighted by molar-refractivity contribution is -0.146. The van der Waals surface area contributed by atoms with Gasteiger partial charge in [-0.1, -0.05) is 26.6 Å². The summed E-state index contributed by atoms with van der Waals surface area (Å²) in [6.07, 6.45) is 0.668. The lowest BCUT2D eigenvalue weighted by Crippen LogP contribution is -2.29. The highest BCUT2D eigenvalue weighted by Crippen LogP contribution is 3.22. The second-order valence-corrected chi connectivity index (χ2v) is 69.9. The maximum atomic E-state index is 12.0. The molecular formula is C33H77N2O18P15S2. The minimum Gasteiger partial charge on any atom is -0.467 e. The summed E-state index contributed by atoms with van der Waals surface area (Å²) < 4.78 is 53.6. The van der Waals surface area contributed by atoms with Crippen LogP contribution in [0, 0.1) is 5.92 Å². The predicted octanol–water partition coefficient (Wildman–Crippen LogP) is 9.69. The van der Waals surface area contributed by atoms with Crippen LogP contribution in [0.1, 0.15) is 39.0 Å². The number of hydrogen-bond acceptors (Lipinski definition) is 21. The van der Waals surface area contributed by atoms with Gasteiger partial charge in [0.25, 0.3) is 12.9 Å². The van der Waals surface area contributed by atoms with Crippen LogP contribution in [0.15, 0.2) is 0 Å². The van der Waals surface area contributed by atoms with E-state index < -0.39 is 24.1 Å². The Morgan fingerprint density at radius 2 is 1.16 bits per heavy atom. The van der Waals surface area contributed by atoms with Crippen LogP contribution in [0.5, 0.6) is 0 Å². The summed E-state index contributed by atoms with van der Waals surface area (Å²) in [4.78, 5) is 76.3. The number of cyclic esters (lactones) is 2. The van der Waals surface area contributed by atoms with Crippen molar-refractivity contribution in [2.45, 2.75) is 45.1 Å². The molecule has 37 heteroatoms. The number of ether oxygens (including phenoxy) is 11. The standard InChI is InChI=1S/C17H30O8S.C13H21NO8.C3H6O2S.H3N.H17P15/c1-3-15(17(20)26-13-12-24-14-18)4-5-16(19)25-11-10-23-9-8-22-7-6-21-2;1-18-4-5-19-6-7-20-8-9-21-11(15)3-2-10-12(16)22-13(17)14-10;4-3-5-1-2-6;;1-9-13(8)15(12(6)7)14(10(2)3)11(4)5/h14-15H,3-13H2,1-2H3;10H,2-9H2,1H3,(H,14,17);3,6H,1-2H2;1H3;9H,1-8H2/t15-;10-;;;/m00.../s1. The first-order valence-electron chi connectivity index (χ1n) is 20.5. The molecule has 1 amide bonds. The fraction of sp³-hybridized carbons (Fsp3) is 0.788. The minimum absolute atomic E-state index is 0. The topological polar surface area (TPSA) is 268 Å². The van der Waals surface area contributed by atoms with Crippen LogP contribution < -0.4 is 11.5 Å². The van der Waals surface area contributed by atoms with Crippen molar-refractivity contribution >= 4 is 188 Å². The molecule has 4 N–H and O–H groups in total. The van der Waals surface area contributed by atoms with Gasteiger partial charge < -0.3 is 63.6 Å². The van der Waals surface area contributed by atoms with Gasteiger partial charge in [0.05, 0.1) is 72.7 Å². The van der Waals surface area contributed by atoms with Crippen molar-refractivity contribution in [3.05, 3.63) is 0 Å². The zero-order valence-electron chi connectivity index (χ0n) is 39.9. The first-order chi connectivity index (χ1) is 33.0. The van der Waals surface area contributed by atoms with E-state index in [9.17, 15) is 33.6 Å². The van der Waals surface area contributed by atoms with Crippen LogP contribution in [0.25, 0.3) is 0 Å². The van der Waals surface area contributed by atoms with E-state index in [1.165, 1.54) is 0 Å². The van der Waals surface area contributed by atoms with Crippen LogP contribution >= 0.6 is 146 Å². The van der Waals surface area contributed by atoms with Crippen molar-refractivity contribution in [2.24, 2.45) is 5.92 Å². The fourth-order valence-corrected chi connectivity index (χ4v) is 161. The molecule has 13 atom stereocenters. The first kappa shape index (κ1) is 79.8. The van der Waals surface area contributed by atoms with Gasteiger partial charge >= 0.3 is 24.0 Å². The first-order valence-corrected chi connectivity index (χ1v) is 48.7. The normalized spacial score (nSPS) is 14.2. The molecule has 0 aliphatic carbocycles. The highest BCUT2D eigenvalue weighted by Gasteiger charge is 2.34. The smallest absolute Gasteiger partial charge is 0.415 e. The van der Waals surface area contributed by atoms with Crippen molar-refractivity contribution in [3.8, 4) is 0 Å². The molecule has 70 heavy (non-hydrogen) atoms. The van der Waals surface area contributed by atoms with Gasteiger partial charge in [-0.05, 0) is 61.2 Å². The van der Waals surface area contributed by atoms with Gasteiger partial charge in [-0.25, -0.2) is 9.59 Å². The second-order valence-electron chi connectivity index (χ2n) is 12.4. The van der Waals surface area contributed by atoms with E-state index in [2.05, 4.69) is 104 Å². The number of hydrogen-bond donors (Lipinski definition) is 3. The highest BCUT2D eigenvalue weighted by molar-refractivity contribution is 9.28. The fourth-order valence-electron chi connectivity index (χ4n) is 4.23. The third-order valence-corrected chi connectivity index (χ3v) is 97.0. The minimum atomic E-state index is -0.788. The van der Waals surface area contributed by atoms with Crippen LogP contribution in [-0.2, 0) is 80.9 Å². The largest absolute Gasteiger partial charge is 0.467 e. The van der Waals surface area contributed by atoms with Gasteiger partial charge in [-0.15, -0.1) is 71.4 Å². The molecule has 1 fully saturated rings. The zero-order valence-corrected chi connectivity index (χ0v) is 57.2. The second kappa shape index (κ2) is 58.5. The number of rotatable bonds is 39. The van der Waals surface area contributed by atoms with Gasteiger partial charge in [0.2, 0.25) is 0 Å². The molecule has 11 unspecified atom stereocenters. The number of methoxy groups -OCH3 is 2.